The Bertz CT molecular complexity index is 647. The third kappa shape index (κ3) is 3.45. The molecule has 0 aromatic carbocycles. The van der Waals surface area contributed by atoms with E-state index in [0.29, 0.717) is 19.5 Å². The molecule has 118 valence electrons. The van der Waals surface area contributed by atoms with Crippen LogP contribution >= 0.6 is 0 Å². The summed E-state index contributed by atoms with van der Waals surface area (Å²) in [4.78, 5) is 21.8. The van der Waals surface area contributed by atoms with Crippen LogP contribution in [-0.4, -0.2) is 40.1 Å². The van der Waals surface area contributed by atoms with Crippen LogP contribution in [0.25, 0.3) is 5.65 Å². The number of hydrogen-bond donors (Lipinski definition) is 1. The van der Waals surface area contributed by atoms with E-state index in [1.165, 1.54) is 0 Å². The van der Waals surface area contributed by atoms with Crippen molar-refractivity contribution in [3.05, 3.63) is 35.8 Å². The van der Waals surface area contributed by atoms with E-state index < -0.39 is 0 Å². The fourth-order valence-electron chi connectivity index (χ4n) is 2.66. The van der Waals surface area contributed by atoms with Gasteiger partial charge in [0.25, 0.3) is 0 Å². The third-order valence-corrected chi connectivity index (χ3v) is 3.94. The normalized spacial score (nSPS) is 16.0. The number of carbonyl (C=O) groups is 1. The van der Waals surface area contributed by atoms with Gasteiger partial charge in [-0.1, -0.05) is 6.07 Å². The zero-order chi connectivity index (χ0) is 15.4. The van der Waals surface area contributed by atoms with E-state index in [2.05, 4.69) is 10.3 Å². The summed E-state index contributed by atoms with van der Waals surface area (Å²) in [7, 11) is 0. The Morgan fingerprint density at radius 2 is 2.36 bits per heavy atom. The molecule has 3 heterocycles. The lowest BCUT2D eigenvalue weighted by Gasteiger charge is -2.25. The molecule has 6 heteroatoms. The minimum atomic E-state index is 0.0387. The number of aryl methyl sites for hydroxylation is 1. The van der Waals surface area contributed by atoms with Crippen LogP contribution < -0.4 is 5.32 Å². The number of hydroxylamine groups is 2. The highest BCUT2D eigenvalue weighted by atomic mass is 16.7. The monoisotopic (exact) mass is 302 g/mol. The Morgan fingerprint density at radius 1 is 1.45 bits per heavy atom. The number of carbonyl (C=O) groups excluding carboxylic acids is 1. The lowest BCUT2D eigenvalue weighted by atomic mass is 10.3. The van der Waals surface area contributed by atoms with E-state index in [4.69, 9.17) is 4.84 Å². The van der Waals surface area contributed by atoms with E-state index >= 15 is 0 Å². The predicted octanol–water partition coefficient (Wildman–Crippen LogP) is 1.68. The summed E-state index contributed by atoms with van der Waals surface area (Å²) in [6.07, 6.45) is 6.49. The second kappa shape index (κ2) is 6.89. The molecule has 2 aromatic heterocycles. The molecule has 0 aliphatic carbocycles. The minimum absolute atomic E-state index is 0.0387. The van der Waals surface area contributed by atoms with Crippen molar-refractivity contribution in [1.29, 1.82) is 0 Å². The maximum atomic E-state index is 12.0. The molecule has 0 spiro atoms. The maximum absolute atomic E-state index is 12.0. The summed E-state index contributed by atoms with van der Waals surface area (Å²) in [6.45, 7) is 4.86. The molecule has 0 radical (unpaired) electrons. The van der Waals surface area contributed by atoms with Crippen molar-refractivity contribution in [2.75, 3.05) is 19.7 Å². The van der Waals surface area contributed by atoms with Crippen LogP contribution in [0.2, 0.25) is 0 Å². The number of nitrogens with zero attached hydrogens (tertiary/aromatic N) is 3. The molecule has 0 atom stereocenters. The highest BCUT2D eigenvalue weighted by molar-refractivity contribution is 5.76. The van der Waals surface area contributed by atoms with Gasteiger partial charge in [0.15, 0.2) is 0 Å². The van der Waals surface area contributed by atoms with Crippen molar-refractivity contribution < 1.29 is 9.63 Å². The van der Waals surface area contributed by atoms with Crippen LogP contribution in [0.5, 0.6) is 0 Å². The average molecular weight is 302 g/mol. The highest BCUT2D eigenvalue weighted by Gasteiger charge is 2.13. The number of amides is 1. The summed E-state index contributed by atoms with van der Waals surface area (Å²) in [5, 5.41) is 4.84. The number of fused-ring (bicyclic) bond motifs is 1. The summed E-state index contributed by atoms with van der Waals surface area (Å²) >= 11 is 0. The van der Waals surface area contributed by atoms with Gasteiger partial charge in [-0.05, 0) is 31.4 Å². The summed E-state index contributed by atoms with van der Waals surface area (Å²) in [6, 6.07) is 4.02. The topological polar surface area (TPSA) is 58.9 Å². The Balaban J connectivity index is 1.50. The minimum Gasteiger partial charge on any atom is -0.350 e. The predicted molar refractivity (Wildman–Crippen MR) is 83.2 cm³/mol. The number of nitrogens with one attached hydrogen (secondary N) is 1. The van der Waals surface area contributed by atoms with E-state index in [-0.39, 0.29) is 5.91 Å². The first-order chi connectivity index (χ1) is 10.7. The summed E-state index contributed by atoms with van der Waals surface area (Å²) < 4.78 is 2.02. The molecule has 1 aliphatic heterocycles. The van der Waals surface area contributed by atoms with Gasteiger partial charge in [0.05, 0.1) is 25.0 Å². The molecule has 22 heavy (non-hydrogen) atoms. The van der Waals surface area contributed by atoms with Crippen molar-refractivity contribution in [1.82, 2.24) is 19.8 Å². The van der Waals surface area contributed by atoms with Crippen molar-refractivity contribution in [2.45, 2.75) is 32.7 Å². The molecule has 2 aromatic rings. The maximum Gasteiger partial charge on any atom is 0.221 e. The smallest absolute Gasteiger partial charge is 0.221 e. The van der Waals surface area contributed by atoms with E-state index in [9.17, 15) is 4.79 Å². The Morgan fingerprint density at radius 3 is 3.18 bits per heavy atom. The SMILES string of the molecule is Cc1cccn2c(CNC(=O)CCN3CCCCO3)cnc12. The number of hydrogen-bond acceptors (Lipinski definition) is 4. The second-order valence-electron chi connectivity index (χ2n) is 5.63. The molecule has 0 unspecified atom stereocenters. The van der Waals surface area contributed by atoms with Crippen LogP contribution in [0.4, 0.5) is 0 Å². The van der Waals surface area contributed by atoms with Crippen LogP contribution in [0.15, 0.2) is 24.5 Å². The fourth-order valence-corrected chi connectivity index (χ4v) is 2.66. The van der Waals surface area contributed by atoms with Gasteiger partial charge in [0.1, 0.15) is 5.65 Å². The first kappa shape index (κ1) is 15.0. The van der Waals surface area contributed by atoms with E-state index in [1.54, 1.807) is 0 Å². The Hall–Kier alpha value is -1.92. The molecular weight excluding hydrogens is 280 g/mol. The molecule has 0 bridgehead atoms. The van der Waals surface area contributed by atoms with Gasteiger partial charge in [-0.2, -0.15) is 5.06 Å². The lowest BCUT2D eigenvalue weighted by Crippen LogP contribution is -2.34. The molecule has 1 fully saturated rings. The zero-order valence-electron chi connectivity index (χ0n) is 12.9. The second-order valence-corrected chi connectivity index (χ2v) is 5.63. The largest absolute Gasteiger partial charge is 0.350 e. The summed E-state index contributed by atoms with van der Waals surface area (Å²) in [5.41, 5.74) is 3.05. The van der Waals surface area contributed by atoms with E-state index in [0.717, 1.165) is 42.9 Å². The van der Waals surface area contributed by atoms with Gasteiger partial charge in [-0.3, -0.25) is 9.63 Å². The Labute approximate surface area is 130 Å². The van der Waals surface area contributed by atoms with Gasteiger partial charge in [-0.25, -0.2) is 4.98 Å². The number of aromatic nitrogens is 2. The molecule has 1 amide bonds. The third-order valence-electron chi connectivity index (χ3n) is 3.94. The van der Waals surface area contributed by atoms with Crippen LogP contribution in [0.1, 0.15) is 30.5 Å². The zero-order valence-corrected chi connectivity index (χ0v) is 12.9. The van der Waals surface area contributed by atoms with Crippen LogP contribution in [-0.2, 0) is 16.2 Å². The van der Waals surface area contributed by atoms with Gasteiger partial charge in [-0.15, -0.1) is 0 Å². The van der Waals surface area contributed by atoms with Crippen molar-refractivity contribution in [3.8, 4) is 0 Å². The lowest BCUT2D eigenvalue weighted by molar-refractivity contribution is -0.181. The van der Waals surface area contributed by atoms with Gasteiger partial charge < -0.3 is 9.72 Å². The molecule has 6 nitrogen and oxygen atoms in total. The van der Waals surface area contributed by atoms with Gasteiger partial charge in [0.2, 0.25) is 5.91 Å². The number of pyridine rings is 1. The molecule has 1 saturated heterocycles. The molecule has 1 aliphatic rings. The average Bonchev–Trinajstić information content (AvgIpc) is 2.96. The quantitative estimate of drug-likeness (QED) is 0.913. The standard InChI is InChI=1S/C16H22N4O2/c1-13-5-4-8-20-14(12-18-16(13)20)11-17-15(21)6-9-19-7-2-3-10-22-19/h4-5,8,12H,2-3,6-7,9-11H2,1H3,(H,17,21). The van der Waals surface area contributed by atoms with Crippen LogP contribution in [0, 0.1) is 6.92 Å². The molecular formula is C16H22N4O2. The van der Waals surface area contributed by atoms with Crippen molar-refractivity contribution in [2.24, 2.45) is 0 Å². The molecule has 0 saturated carbocycles. The first-order valence-electron chi connectivity index (χ1n) is 7.80. The fraction of sp³-hybridized carbons (Fsp3) is 0.500. The van der Waals surface area contributed by atoms with Gasteiger partial charge >= 0.3 is 0 Å². The molecule has 1 N–H and O–H groups in total. The number of imidazole rings is 1. The molecule has 3 rings (SSSR count). The summed E-state index contributed by atoms with van der Waals surface area (Å²) in [5.74, 6) is 0.0387. The van der Waals surface area contributed by atoms with Crippen LogP contribution in [0.3, 0.4) is 0 Å². The van der Waals surface area contributed by atoms with Crippen molar-refractivity contribution >= 4 is 11.6 Å². The first-order valence-corrected chi connectivity index (χ1v) is 7.80. The Kier molecular flexibility index (Phi) is 4.70. The van der Waals surface area contributed by atoms with E-state index in [1.807, 2.05) is 40.9 Å². The van der Waals surface area contributed by atoms with Crippen molar-refractivity contribution in [3.63, 3.8) is 0 Å². The highest BCUT2D eigenvalue weighted by Crippen LogP contribution is 2.11. The number of rotatable bonds is 5. The van der Waals surface area contributed by atoms with Gasteiger partial charge in [0, 0.05) is 25.7 Å².